The molecule has 1 aromatic heterocycles. The number of fused-ring (bicyclic) bond motifs is 1. The number of nitrogens with zero attached hydrogens (tertiary/aromatic N) is 3. The van der Waals surface area contributed by atoms with E-state index in [1.165, 1.54) is 10.8 Å². The van der Waals surface area contributed by atoms with E-state index in [0.29, 0.717) is 12.6 Å². The van der Waals surface area contributed by atoms with Crippen molar-refractivity contribution in [1.29, 1.82) is 0 Å². The molecule has 0 fully saturated rings. The van der Waals surface area contributed by atoms with Gasteiger partial charge in [0.15, 0.2) is 0 Å². The minimum absolute atomic E-state index is 0.00837. The lowest BCUT2D eigenvalue weighted by Gasteiger charge is -2.16. The highest BCUT2D eigenvalue weighted by atomic mass is 35.5. The number of rotatable bonds is 5. The molecule has 23 heavy (non-hydrogen) atoms. The van der Waals surface area contributed by atoms with Gasteiger partial charge in [-0.1, -0.05) is 42.5 Å². The molecular weight excluding hydrogens is 312 g/mol. The van der Waals surface area contributed by atoms with Crippen molar-refractivity contribution < 1.29 is 4.74 Å². The molecule has 2 aromatic carbocycles. The maximum Gasteiger partial charge on any atom is 0.322 e. The molecule has 1 unspecified atom stereocenters. The van der Waals surface area contributed by atoms with Crippen molar-refractivity contribution in [2.45, 2.75) is 19.9 Å². The van der Waals surface area contributed by atoms with E-state index in [9.17, 15) is 0 Å². The number of aromatic nitrogens is 3. The van der Waals surface area contributed by atoms with Crippen LogP contribution in [0.3, 0.4) is 0 Å². The molecular formula is C17H17ClN4O. The summed E-state index contributed by atoms with van der Waals surface area (Å²) < 4.78 is 5.30. The zero-order chi connectivity index (χ0) is 16.2. The van der Waals surface area contributed by atoms with Gasteiger partial charge in [0.25, 0.3) is 0 Å². The summed E-state index contributed by atoms with van der Waals surface area (Å²) in [6, 6.07) is 14.7. The molecule has 0 saturated carbocycles. The molecule has 6 heteroatoms. The Morgan fingerprint density at radius 2 is 1.87 bits per heavy atom. The monoisotopic (exact) mass is 328 g/mol. The Hall–Kier alpha value is -2.40. The first-order valence-corrected chi connectivity index (χ1v) is 7.83. The number of hydrogen-bond donors (Lipinski definition) is 1. The fraction of sp³-hybridized carbons (Fsp3) is 0.235. The second kappa shape index (κ2) is 6.79. The molecule has 0 radical (unpaired) electrons. The second-order valence-corrected chi connectivity index (χ2v) is 5.42. The Labute approximate surface area is 139 Å². The zero-order valence-electron chi connectivity index (χ0n) is 13.0. The zero-order valence-corrected chi connectivity index (χ0v) is 13.7. The van der Waals surface area contributed by atoms with E-state index < -0.39 is 0 Å². The van der Waals surface area contributed by atoms with Gasteiger partial charge in [0, 0.05) is 0 Å². The van der Waals surface area contributed by atoms with Crippen LogP contribution in [0.5, 0.6) is 6.01 Å². The van der Waals surface area contributed by atoms with Gasteiger partial charge in [-0.25, -0.2) is 0 Å². The van der Waals surface area contributed by atoms with Crippen LogP contribution in [0.4, 0.5) is 5.95 Å². The fourth-order valence-electron chi connectivity index (χ4n) is 2.49. The quantitative estimate of drug-likeness (QED) is 0.758. The van der Waals surface area contributed by atoms with Crippen LogP contribution < -0.4 is 10.1 Å². The first-order chi connectivity index (χ1) is 11.2. The molecule has 0 aliphatic heterocycles. The van der Waals surface area contributed by atoms with Crippen LogP contribution in [0.25, 0.3) is 10.8 Å². The molecule has 1 heterocycles. The van der Waals surface area contributed by atoms with Crippen LogP contribution in [0.15, 0.2) is 42.5 Å². The van der Waals surface area contributed by atoms with Crippen LogP contribution in [0.2, 0.25) is 5.28 Å². The number of anilines is 1. The summed E-state index contributed by atoms with van der Waals surface area (Å²) in [6.07, 6.45) is 0. The van der Waals surface area contributed by atoms with Crippen LogP contribution in [-0.2, 0) is 0 Å². The van der Waals surface area contributed by atoms with Crippen LogP contribution in [-0.4, -0.2) is 21.6 Å². The summed E-state index contributed by atoms with van der Waals surface area (Å²) >= 11 is 5.93. The van der Waals surface area contributed by atoms with Gasteiger partial charge in [-0.3, -0.25) is 0 Å². The number of hydrogen-bond acceptors (Lipinski definition) is 5. The highest BCUT2D eigenvalue weighted by Crippen LogP contribution is 2.26. The van der Waals surface area contributed by atoms with E-state index in [0.717, 1.165) is 5.56 Å². The number of halogens is 1. The van der Waals surface area contributed by atoms with Crippen molar-refractivity contribution in [3.8, 4) is 6.01 Å². The van der Waals surface area contributed by atoms with Crippen molar-refractivity contribution in [1.82, 2.24) is 15.0 Å². The predicted octanol–water partition coefficient (Wildman–Crippen LogP) is 4.25. The lowest BCUT2D eigenvalue weighted by atomic mass is 10.00. The standard InChI is InChI=1S/C17H17ClN4O/c1-3-23-17-21-15(18)20-16(22-17)19-11(2)13-10-6-8-12-7-4-5-9-14(12)13/h4-11H,3H2,1-2H3,(H,19,20,21,22). The summed E-state index contributed by atoms with van der Waals surface area (Å²) in [7, 11) is 0. The average Bonchev–Trinajstić information content (AvgIpc) is 2.54. The largest absolute Gasteiger partial charge is 0.464 e. The summed E-state index contributed by atoms with van der Waals surface area (Å²) in [5.74, 6) is 0.397. The van der Waals surface area contributed by atoms with Crippen molar-refractivity contribution in [3.05, 3.63) is 53.3 Å². The van der Waals surface area contributed by atoms with E-state index in [1.807, 2.05) is 25.1 Å². The topological polar surface area (TPSA) is 59.9 Å². The van der Waals surface area contributed by atoms with Crippen molar-refractivity contribution in [2.24, 2.45) is 0 Å². The number of nitrogens with one attached hydrogen (secondary N) is 1. The lowest BCUT2D eigenvalue weighted by Crippen LogP contribution is -2.11. The van der Waals surface area contributed by atoms with Crippen molar-refractivity contribution in [2.75, 3.05) is 11.9 Å². The van der Waals surface area contributed by atoms with Gasteiger partial charge >= 0.3 is 6.01 Å². The third kappa shape index (κ3) is 3.51. The lowest BCUT2D eigenvalue weighted by molar-refractivity contribution is 0.312. The van der Waals surface area contributed by atoms with Crippen molar-refractivity contribution >= 4 is 28.3 Å². The Kier molecular flexibility index (Phi) is 4.57. The molecule has 0 bridgehead atoms. The molecule has 0 aliphatic rings. The maximum atomic E-state index is 5.93. The molecule has 3 rings (SSSR count). The molecule has 0 spiro atoms. The average molecular weight is 329 g/mol. The van der Waals surface area contributed by atoms with Crippen LogP contribution in [0, 0.1) is 0 Å². The van der Waals surface area contributed by atoms with Gasteiger partial charge in [0.2, 0.25) is 11.2 Å². The molecule has 3 aromatic rings. The first-order valence-electron chi connectivity index (χ1n) is 7.46. The van der Waals surface area contributed by atoms with Crippen LogP contribution in [0.1, 0.15) is 25.5 Å². The first kappa shape index (κ1) is 15.5. The summed E-state index contributed by atoms with van der Waals surface area (Å²) in [5, 5.41) is 5.76. The summed E-state index contributed by atoms with van der Waals surface area (Å²) in [5.41, 5.74) is 1.16. The highest BCUT2D eigenvalue weighted by Gasteiger charge is 2.12. The van der Waals surface area contributed by atoms with Gasteiger partial charge in [-0.2, -0.15) is 15.0 Å². The third-order valence-electron chi connectivity index (χ3n) is 3.50. The molecule has 0 aliphatic carbocycles. The minimum atomic E-state index is 0.00837. The van der Waals surface area contributed by atoms with E-state index in [-0.39, 0.29) is 17.3 Å². The van der Waals surface area contributed by atoms with Crippen molar-refractivity contribution in [3.63, 3.8) is 0 Å². The molecule has 1 atom stereocenters. The van der Waals surface area contributed by atoms with Gasteiger partial charge < -0.3 is 10.1 Å². The minimum Gasteiger partial charge on any atom is -0.464 e. The molecule has 0 saturated heterocycles. The van der Waals surface area contributed by atoms with Gasteiger partial charge in [0.05, 0.1) is 12.6 Å². The number of ether oxygens (including phenoxy) is 1. The number of benzene rings is 2. The highest BCUT2D eigenvalue weighted by molar-refractivity contribution is 6.28. The summed E-state index contributed by atoms with van der Waals surface area (Å²) in [4.78, 5) is 12.3. The molecule has 1 N–H and O–H groups in total. The van der Waals surface area contributed by atoms with Gasteiger partial charge in [-0.15, -0.1) is 0 Å². The van der Waals surface area contributed by atoms with Gasteiger partial charge in [0.1, 0.15) is 0 Å². The van der Waals surface area contributed by atoms with Crippen LogP contribution >= 0.6 is 11.6 Å². The smallest absolute Gasteiger partial charge is 0.322 e. The van der Waals surface area contributed by atoms with E-state index in [4.69, 9.17) is 16.3 Å². The summed E-state index contributed by atoms with van der Waals surface area (Å²) in [6.45, 7) is 4.39. The fourth-order valence-corrected chi connectivity index (χ4v) is 2.64. The molecule has 5 nitrogen and oxygen atoms in total. The second-order valence-electron chi connectivity index (χ2n) is 5.08. The van der Waals surface area contributed by atoms with Gasteiger partial charge in [-0.05, 0) is 41.8 Å². The van der Waals surface area contributed by atoms with E-state index in [1.54, 1.807) is 0 Å². The Balaban J connectivity index is 1.90. The van der Waals surface area contributed by atoms with E-state index in [2.05, 4.69) is 51.5 Å². The Morgan fingerprint density at radius 3 is 2.70 bits per heavy atom. The predicted molar refractivity (Wildman–Crippen MR) is 92.0 cm³/mol. The van der Waals surface area contributed by atoms with E-state index >= 15 is 0 Å². The normalized spacial score (nSPS) is 12.1. The third-order valence-corrected chi connectivity index (χ3v) is 3.67. The Bertz CT molecular complexity index is 819. The maximum absolute atomic E-state index is 5.93. The molecule has 0 amide bonds. The molecule has 118 valence electrons. The SMILES string of the molecule is CCOc1nc(Cl)nc(NC(C)c2cccc3ccccc23)n1. The Morgan fingerprint density at radius 1 is 1.09 bits per heavy atom.